The number of ether oxygens (including phenoxy) is 2. The van der Waals surface area contributed by atoms with Gasteiger partial charge in [0.1, 0.15) is 5.58 Å². The average molecular weight is 538 g/mol. The number of methoxy groups -OCH3 is 2. The van der Waals surface area contributed by atoms with Crippen LogP contribution in [0.2, 0.25) is 10.0 Å². The Morgan fingerprint density at radius 1 is 0.919 bits per heavy atom. The molecule has 1 unspecified atom stereocenters. The lowest BCUT2D eigenvalue weighted by Crippen LogP contribution is -2.31. The van der Waals surface area contributed by atoms with Crippen molar-refractivity contribution < 1.29 is 18.7 Å². The summed E-state index contributed by atoms with van der Waals surface area (Å²) in [5, 5.41) is 1.19. The molecule has 1 amide bonds. The lowest BCUT2D eigenvalue weighted by atomic mass is 9.97. The second-order valence-corrected chi connectivity index (χ2v) is 9.96. The Morgan fingerprint density at radius 3 is 2.38 bits per heavy atom. The molecule has 5 rings (SSSR count). The van der Waals surface area contributed by atoms with Gasteiger partial charge < -0.3 is 18.8 Å². The molecule has 0 fully saturated rings. The number of amides is 1. The third-order valence-electron chi connectivity index (χ3n) is 6.75. The van der Waals surface area contributed by atoms with Crippen LogP contribution in [-0.2, 0) is 6.42 Å². The van der Waals surface area contributed by atoms with Crippen LogP contribution in [0.1, 0.15) is 44.4 Å². The minimum atomic E-state index is -0.668. The molecule has 1 aromatic heterocycles. The minimum Gasteiger partial charge on any atom is -0.493 e. The maximum atomic E-state index is 13.9. The SMILES string of the molecule is COc1ccc(CCN2C(=O)c3oc4c(C)cc(C)cc4c(=O)c3C2c2ccc(Cl)c(Cl)c2)cc1OC. The summed E-state index contributed by atoms with van der Waals surface area (Å²) in [5.41, 5.74) is 3.90. The van der Waals surface area contributed by atoms with Crippen molar-refractivity contribution in [3.8, 4) is 11.5 Å². The summed E-state index contributed by atoms with van der Waals surface area (Å²) in [6.07, 6.45) is 0.518. The zero-order valence-corrected chi connectivity index (χ0v) is 22.4. The molecule has 8 heteroatoms. The molecule has 37 heavy (non-hydrogen) atoms. The number of carbonyl (C=O) groups excluding carboxylic acids is 1. The molecule has 0 bridgehead atoms. The smallest absolute Gasteiger partial charge is 0.290 e. The molecule has 0 saturated heterocycles. The largest absolute Gasteiger partial charge is 0.493 e. The van der Waals surface area contributed by atoms with E-state index in [1.807, 2.05) is 38.1 Å². The van der Waals surface area contributed by atoms with E-state index in [1.165, 1.54) is 0 Å². The fraction of sp³-hybridized carbons (Fsp3) is 0.241. The fourth-order valence-corrected chi connectivity index (χ4v) is 5.33. The van der Waals surface area contributed by atoms with Crippen LogP contribution in [0, 0.1) is 13.8 Å². The summed E-state index contributed by atoms with van der Waals surface area (Å²) < 4.78 is 16.9. The molecular weight excluding hydrogens is 513 g/mol. The Balaban J connectivity index is 1.63. The molecule has 1 aliphatic heterocycles. The molecule has 3 aromatic carbocycles. The third-order valence-corrected chi connectivity index (χ3v) is 7.48. The van der Waals surface area contributed by atoms with Gasteiger partial charge in [-0.3, -0.25) is 9.59 Å². The molecule has 0 aliphatic carbocycles. The first-order chi connectivity index (χ1) is 17.7. The van der Waals surface area contributed by atoms with Gasteiger partial charge in [0.25, 0.3) is 5.91 Å². The van der Waals surface area contributed by atoms with Gasteiger partial charge in [-0.05, 0) is 72.9 Å². The average Bonchev–Trinajstić information content (AvgIpc) is 3.16. The van der Waals surface area contributed by atoms with E-state index in [4.69, 9.17) is 37.1 Å². The summed E-state index contributed by atoms with van der Waals surface area (Å²) in [5.74, 6) is 0.945. The van der Waals surface area contributed by atoms with Crippen molar-refractivity contribution in [3.63, 3.8) is 0 Å². The zero-order chi connectivity index (χ0) is 26.4. The van der Waals surface area contributed by atoms with Gasteiger partial charge in [-0.1, -0.05) is 41.4 Å². The van der Waals surface area contributed by atoms with Crippen LogP contribution in [0.15, 0.2) is 57.7 Å². The van der Waals surface area contributed by atoms with Crippen molar-refractivity contribution >= 4 is 40.1 Å². The lowest BCUT2D eigenvalue weighted by molar-refractivity contribution is 0.0730. The van der Waals surface area contributed by atoms with E-state index in [2.05, 4.69) is 0 Å². The molecule has 6 nitrogen and oxygen atoms in total. The Kier molecular flexibility index (Phi) is 6.65. The normalized spacial score (nSPS) is 14.8. The van der Waals surface area contributed by atoms with Gasteiger partial charge in [-0.15, -0.1) is 0 Å². The van der Waals surface area contributed by atoms with Crippen molar-refractivity contribution in [2.75, 3.05) is 20.8 Å². The quantitative estimate of drug-likeness (QED) is 0.280. The molecule has 0 spiro atoms. The second-order valence-electron chi connectivity index (χ2n) is 9.15. The van der Waals surface area contributed by atoms with E-state index in [-0.39, 0.29) is 17.1 Å². The monoisotopic (exact) mass is 537 g/mol. The van der Waals surface area contributed by atoms with Crippen molar-refractivity contribution in [2.45, 2.75) is 26.3 Å². The highest BCUT2D eigenvalue weighted by Crippen LogP contribution is 2.40. The molecule has 2 heterocycles. The number of benzene rings is 3. The first kappa shape index (κ1) is 25.2. The maximum Gasteiger partial charge on any atom is 0.290 e. The Hall–Kier alpha value is -3.48. The number of halogens is 2. The number of hydrogen-bond acceptors (Lipinski definition) is 5. The van der Waals surface area contributed by atoms with Crippen molar-refractivity contribution in [1.82, 2.24) is 4.90 Å². The third kappa shape index (κ3) is 4.34. The molecule has 0 radical (unpaired) electrons. The van der Waals surface area contributed by atoms with Gasteiger partial charge in [0, 0.05) is 6.54 Å². The predicted molar refractivity (Wildman–Crippen MR) is 145 cm³/mol. The van der Waals surface area contributed by atoms with E-state index in [0.717, 1.165) is 16.7 Å². The van der Waals surface area contributed by atoms with Gasteiger partial charge in [0.15, 0.2) is 16.9 Å². The molecule has 190 valence electrons. The second kappa shape index (κ2) is 9.77. The van der Waals surface area contributed by atoms with Crippen LogP contribution in [-0.4, -0.2) is 31.6 Å². The Labute approximate surface area is 224 Å². The summed E-state index contributed by atoms with van der Waals surface area (Å²) in [6.45, 7) is 4.13. The number of carbonyl (C=O) groups is 1. The number of aryl methyl sites for hydroxylation is 2. The van der Waals surface area contributed by atoms with E-state index < -0.39 is 6.04 Å². The molecule has 1 aliphatic rings. The van der Waals surface area contributed by atoms with E-state index >= 15 is 0 Å². The van der Waals surface area contributed by atoms with Crippen LogP contribution >= 0.6 is 23.2 Å². The van der Waals surface area contributed by atoms with E-state index in [1.54, 1.807) is 43.4 Å². The molecule has 0 saturated carbocycles. The molecule has 0 N–H and O–H groups in total. The van der Waals surface area contributed by atoms with Gasteiger partial charge in [0.2, 0.25) is 5.76 Å². The van der Waals surface area contributed by atoms with Crippen LogP contribution in [0.3, 0.4) is 0 Å². The Morgan fingerprint density at radius 2 is 1.68 bits per heavy atom. The van der Waals surface area contributed by atoms with Gasteiger partial charge >= 0.3 is 0 Å². The van der Waals surface area contributed by atoms with Gasteiger partial charge in [-0.2, -0.15) is 0 Å². The van der Waals surface area contributed by atoms with Crippen molar-refractivity contribution in [2.24, 2.45) is 0 Å². The maximum absolute atomic E-state index is 13.9. The lowest BCUT2D eigenvalue weighted by Gasteiger charge is -2.25. The molecular formula is C29H25Cl2NO5. The zero-order valence-electron chi connectivity index (χ0n) is 20.9. The number of nitrogens with zero attached hydrogens (tertiary/aromatic N) is 1. The number of hydrogen-bond donors (Lipinski definition) is 0. The fourth-order valence-electron chi connectivity index (χ4n) is 5.02. The van der Waals surface area contributed by atoms with Gasteiger partial charge in [-0.25, -0.2) is 0 Å². The van der Waals surface area contributed by atoms with Crippen LogP contribution in [0.5, 0.6) is 11.5 Å². The minimum absolute atomic E-state index is 0.0628. The summed E-state index contributed by atoms with van der Waals surface area (Å²) in [4.78, 5) is 29.3. The first-order valence-electron chi connectivity index (χ1n) is 11.8. The van der Waals surface area contributed by atoms with Crippen molar-refractivity contribution in [1.29, 1.82) is 0 Å². The standard InChI is InChI=1S/C29H25Cl2NO5/c1-15-11-16(2)27-19(12-15)26(33)24-25(18-6-7-20(30)21(31)14-18)32(29(34)28(24)37-27)10-9-17-5-8-22(35-3)23(13-17)36-4/h5-8,11-14,25H,9-10H2,1-4H3. The summed E-state index contributed by atoms with van der Waals surface area (Å²) in [7, 11) is 3.16. The first-order valence-corrected chi connectivity index (χ1v) is 12.5. The topological polar surface area (TPSA) is 69.0 Å². The van der Waals surface area contributed by atoms with Crippen LogP contribution in [0.4, 0.5) is 0 Å². The Bertz CT molecular complexity index is 1610. The highest BCUT2D eigenvalue weighted by atomic mass is 35.5. The van der Waals surface area contributed by atoms with E-state index in [0.29, 0.717) is 56.6 Å². The highest BCUT2D eigenvalue weighted by molar-refractivity contribution is 6.42. The number of fused-ring (bicyclic) bond motifs is 2. The van der Waals surface area contributed by atoms with Crippen molar-refractivity contribution in [3.05, 3.63) is 102 Å². The van der Waals surface area contributed by atoms with Crippen LogP contribution < -0.4 is 14.9 Å². The molecule has 1 atom stereocenters. The molecule has 4 aromatic rings. The summed E-state index contributed by atoms with van der Waals surface area (Å²) in [6, 6.07) is 13.9. The number of rotatable bonds is 6. The summed E-state index contributed by atoms with van der Waals surface area (Å²) >= 11 is 12.5. The highest BCUT2D eigenvalue weighted by Gasteiger charge is 2.42. The van der Waals surface area contributed by atoms with Gasteiger partial charge in [0.05, 0.1) is 41.3 Å². The van der Waals surface area contributed by atoms with Crippen LogP contribution in [0.25, 0.3) is 11.0 Å². The van der Waals surface area contributed by atoms with E-state index in [9.17, 15) is 9.59 Å². The predicted octanol–water partition coefficient (Wildman–Crippen LogP) is 6.52.